The molecule has 4 rings (SSSR count). The fraction of sp³-hybridized carbons (Fsp3) is 0.160. The van der Waals surface area contributed by atoms with Gasteiger partial charge >= 0.3 is 0 Å². The van der Waals surface area contributed by atoms with Crippen molar-refractivity contribution < 1.29 is 4.74 Å². The lowest BCUT2D eigenvalue weighted by atomic mass is 10.1. The molecule has 2 heterocycles. The Bertz CT molecular complexity index is 1210. The number of pyridine rings is 1. The van der Waals surface area contributed by atoms with Crippen LogP contribution in [0, 0.1) is 0 Å². The Kier molecular flexibility index (Phi) is 6.82. The highest BCUT2D eigenvalue weighted by Crippen LogP contribution is 2.24. The fourth-order valence-electron chi connectivity index (χ4n) is 3.25. The van der Waals surface area contributed by atoms with E-state index >= 15 is 0 Å². The van der Waals surface area contributed by atoms with Crippen LogP contribution < -0.4 is 15.6 Å². The van der Waals surface area contributed by atoms with Crippen LogP contribution in [-0.2, 0) is 13.2 Å². The summed E-state index contributed by atoms with van der Waals surface area (Å²) in [4.78, 5) is 16.7. The van der Waals surface area contributed by atoms with E-state index in [4.69, 9.17) is 16.3 Å². The lowest BCUT2D eigenvalue weighted by molar-refractivity contribution is 0.305. The van der Waals surface area contributed by atoms with Gasteiger partial charge in [0.15, 0.2) is 0 Å². The Hall–Kier alpha value is -3.64. The molecule has 2 aromatic carbocycles. The average molecular weight is 447 g/mol. The first-order valence-corrected chi connectivity index (χ1v) is 10.7. The van der Waals surface area contributed by atoms with Crippen molar-refractivity contribution >= 4 is 17.3 Å². The van der Waals surface area contributed by atoms with E-state index in [0.717, 1.165) is 22.4 Å². The van der Waals surface area contributed by atoms with E-state index in [1.807, 2.05) is 73.7 Å². The molecule has 4 aromatic rings. The van der Waals surface area contributed by atoms with E-state index in [1.165, 1.54) is 4.68 Å². The van der Waals surface area contributed by atoms with Crippen LogP contribution in [0.25, 0.3) is 0 Å². The lowest BCUT2D eigenvalue weighted by Crippen LogP contribution is -2.25. The van der Waals surface area contributed by atoms with Gasteiger partial charge < -0.3 is 10.1 Å². The van der Waals surface area contributed by atoms with E-state index in [-0.39, 0.29) is 16.6 Å². The second-order valence-corrected chi connectivity index (χ2v) is 7.78. The molecule has 0 aliphatic heterocycles. The summed E-state index contributed by atoms with van der Waals surface area (Å²) in [5.41, 5.74) is 3.20. The molecule has 6 nitrogen and oxygen atoms in total. The molecule has 0 fully saturated rings. The minimum Gasteiger partial charge on any atom is -0.489 e. The molecule has 0 spiro atoms. The van der Waals surface area contributed by atoms with Crippen LogP contribution in [0.1, 0.15) is 29.7 Å². The van der Waals surface area contributed by atoms with Crippen LogP contribution in [0.3, 0.4) is 0 Å². The maximum atomic E-state index is 12.7. The molecule has 1 atom stereocenters. The number of aromatic nitrogens is 3. The first-order chi connectivity index (χ1) is 15.6. The van der Waals surface area contributed by atoms with Gasteiger partial charge in [0.1, 0.15) is 17.4 Å². The van der Waals surface area contributed by atoms with Gasteiger partial charge in [-0.15, -0.1) is 0 Å². The summed E-state index contributed by atoms with van der Waals surface area (Å²) >= 11 is 6.36. The number of hydrogen-bond donors (Lipinski definition) is 1. The average Bonchev–Trinajstić information content (AvgIpc) is 2.84. The first-order valence-electron chi connectivity index (χ1n) is 10.3. The molecule has 32 heavy (non-hydrogen) atoms. The predicted octanol–water partition coefficient (Wildman–Crippen LogP) is 5.09. The standard InChI is InChI=1S/C25H23ClN4O2/c1-18(21-9-11-22(12-10-21)32-17-20-8-5-13-27-14-20)29-23-15-28-30(25(31)24(23)26)16-19-6-3-2-4-7-19/h2-15,18,29H,16-17H2,1H3. The van der Waals surface area contributed by atoms with Gasteiger partial charge in [-0.3, -0.25) is 9.78 Å². The first kappa shape index (κ1) is 21.6. The second-order valence-electron chi connectivity index (χ2n) is 7.41. The van der Waals surface area contributed by atoms with Gasteiger partial charge in [0.25, 0.3) is 5.56 Å². The van der Waals surface area contributed by atoms with E-state index in [0.29, 0.717) is 18.8 Å². The van der Waals surface area contributed by atoms with Gasteiger partial charge in [-0.2, -0.15) is 5.10 Å². The molecule has 1 unspecified atom stereocenters. The van der Waals surface area contributed by atoms with Gasteiger partial charge in [-0.25, -0.2) is 4.68 Å². The van der Waals surface area contributed by atoms with Crippen molar-refractivity contribution in [2.24, 2.45) is 0 Å². The van der Waals surface area contributed by atoms with Crippen molar-refractivity contribution in [1.82, 2.24) is 14.8 Å². The van der Waals surface area contributed by atoms with E-state index in [9.17, 15) is 4.79 Å². The molecule has 0 saturated heterocycles. The van der Waals surface area contributed by atoms with E-state index < -0.39 is 0 Å². The molecule has 7 heteroatoms. The van der Waals surface area contributed by atoms with Crippen LogP contribution in [0.5, 0.6) is 5.75 Å². The summed E-state index contributed by atoms with van der Waals surface area (Å²) in [5, 5.41) is 7.68. The SMILES string of the molecule is CC(Nc1cnn(Cc2ccccc2)c(=O)c1Cl)c1ccc(OCc2cccnc2)cc1. The zero-order valence-corrected chi connectivity index (χ0v) is 18.4. The molecule has 0 bridgehead atoms. The number of nitrogens with zero attached hydrogens (tertiary/aromatic N) is 3. The fourth-order valence-corrected chi connectivity index (χ4v) is 3.46. The van der Waals surface area contributed by atoms with Crippen molar-refractivity contribution in [2.75, 3.05) is 5.32 Å². The quantitative estimate of drug-likeness (QED) is 0.408. The third-order valence-corrected chi connectivity index (χ3v) is 5.41. The van der Waals surface area contributed by atoms with Crippen molar-refractivity contribution in [3.63, 3.8) is 0 Å². The zero-order chi connectivity index (χ0) is 22.3. The Morgan fingerprint density at radius 1 is 1.00 bits per heavy atom. The third-order valence-electron chi connectivity index (χ3n) is 5.04. The van der Waals surface area contributed by atoms with Gasteiger partial charge in [0.2, 0.25) is 0 Å². The highest BCUT2D eigenvalue weighted by atomic mass is 35.5. The Labute approximate surface area is 191 Å². The summed E-state index contributed by atoms with van der Waals surface area (Å²) in [7, 11) is 0. The molecular formula is C25H23ClN4O2. The molecule has 2 aromatic heterocycles. The molecule has 0 amide bonds. The van der Waals surface area contributed by atoms with Crippen molar-refractivity contribution in [1.29, 1.82) is 0 Å². The van der Waals surface area contributed by atoms with Crippen LogP contribution in [0.2, 0.25) is 5.02 Å². The van der Waals surface area contributed by atoms with Crippen LogP contribution in [0.4, 0.5) is 5.69 Å². The van der Waals surface area contributed by atoms with Crippen molar-refractivity contribution in [3.8, 4) is 5.75 Å². The molecule has 0 saturated carbocycles. The molecule has 162 valence electrons. The number of ether oxygens (including phenoxy) is 1. The largest absolute Gasteiger partial charge is 0.489 e. The minimum absolute atomic E-state index is 0.0777. The second kappa shape index (κ2) is 10.1. The monoisotopic (exact) mass is 446 g/mol. The van der Waals surface area contributed by atoms with Gasteiger partial charge in [0.05, 0.1) is 18.4 Å². The molecule has 0 aliphatic carbocycles. The number of anilines is 1. The Morgan fingerprint density at radius 3 is 2.47 bits per heavy atom. The Morgan fingerprint density at radius 2 is 1.75 bits per heavy atom. The normalized spacial score (nSPS) is 11.7. The molecule has 0 radical (unpaired) electrons. The number of nitrogens with one attached hydrogen (secondary N) is 1. The zero-order valence-electron chi connectivity index (χ0n) is 17.6. The number of hydrogen-bond acceptors (Lipinski definition) is 5. The van der Waals surface area contributed by atoms with Gasteiger partial charge in [-0.1, -0.05) is 60.1 Å². The molecular weight excluding hydrogens is 424 g/mol. The summed E-state index contributed by atoms with van der Waals surface area (Å²) in [6, 6.07) is 21.2. The number of benzene rings is 2. The summed E-state index contributed by atoms with van der Waals surface area (Å²) in [6.45, 7) is 2.83. The van der Waals surface area contributed by atoms with Gasteiger partial charge in [-0.05, 0) is 36.2 Å². The minimum atomic E-state index is -0.327. The maximum Gasteiger partial charge on any atom is 0.287 e. The van der Waals surface area contributed by atoms with Crippen molar-refractivity contribution in [2.45, 2.75) is 26.1 Å². The predicted molar refractivity (Wildman–Crippen MR) is 126 cm³/mol. The summed E-state index contributed by atoms with van der Waals surface area (Å²) in [5.74, 6) is 0.771. The molecule has 1 N–H and O–H groups in total. The van der Waals surface area contributed by atoms with Gasteiger partial charge in [0, 0.05) is 24.0 Å². The van der Waals surface area contributed by atoms with Crippen molar-refractivity contribution in [3.05, 3.63) is 117 Å². The van der Waals surface area contributed by atoms with E-state index in [2.05, 4.69) is 15.4 Å². The third kappa shape index (κ3) is 5.34. The maximum absolute atomic E-state index is 12.7. The lowest BCUT2D eigenvalue weighted by Gasteiger charge is -2.17. The highest BCUT2D eigenvalue weighted by Gasteiger charge is 2.13. The smallest absolute Gasteiger partial charge is 0.287 e. The summed E-state index contributed by atoms with van der Waals surface area (Å²) in [6.07, 6.45) is 5.11. The summed E-state index contributed by atoms with van der Waals surface area (Å²) < 4.78 is 7.17. The van der Waals surface area contributed by atoms with E-state index in [1.54, 1.807) is 18.6 Å². The topological polar surface area (TPSA) is 69.0 Å². The van der Waals surface area contributed by atoms with Crippen LogP contribution in [0.15, 0.2) is 90.1 Å². The van der Waals surface area contributed by atoms with Crippen LogP contribution in [-0.4, -0.2) is 14.8 Å². The van der Waals surface area contributed by atoms with Crippen LogP contribution >= 0.6 is 11.6 Å². The molecule has 0 aliphatic rings. The number of halogens is 1. The highest BCUT2D eigenvalue weighted by molar-refractivity contribution is 6.32. The Balaban J connectivity index is 1.40. The number of rotatable bonds is 8.